The fourth-order valence-electron chi connectivity index (χ4n) is 1.57. The summed E-state index contributed by atoms with van der Waals surface area (Å²) in [4.78, 5) is -0.360. The second-order valence-electron chi connectivity index (χ2n) is 4.03. The molecule has 8 heteroatoms. The Kier molecular flexibility index (Phi) is 4.85. The van der Waals surface area contributed by atoms with Crippen LogP contribution in [0.3, 0.4) is 0 Å². The molecule has 0 spiro atoms. The summed E-state index contributed by atoms with van der Waals surface area (Å²) in [6.07, 6.45) is 0. The van der Waals surface area contributed by atoms with Crippen molar-refractivity contribution in [2.45, 2.75) is 11.5 Å². The van der Waals surface area contributed by atoms with E-state index in [1.54, 1.807) is 6.07 Å². The number of ether oxygens (including phenoxy) is 1. The highest BCUT2D eigenvalue weighted by Gasteiger charge is 2.14. The highest BCUT2D eigenvalue weighted by molar-refractivity contribution is 9.10. The van der Waals surface area contributed by atoms with Crippen molar-refractivity contribution >= 4 is 35.7 Å². The Morgan fingerprint density at radius 1 is 1.14 bits per heavy atom. The van der Waals surface area contributed by atoms with E-state index in [0.717, 1.165) is 18.2 Å². The van der Waals surface area contributed by atoms with E-state index in [-0.39, 0.29) is 21.7 Å². The molecule has 0 unspecified atom stereocenters. The quantitative estimate of drug-likeness (QED) is 0.725. The van der Waals surface area contributed by atoms with Gasteiger partial charge >= 0.3 is 0 Å². The fraction of sp³-hybridized carbons (Fsp3) is 0.0769. The van der Waals surface area contributed by atoms with Gasteiger partial charge in [0.1, 0.15) is 12.4 Å². The van der Waals surface area contributed by atoms with E-state index in [2.05, 4.69) is 15.9 Å². The van der Waals surface area contributed by atoms with Crippen LogP contribution >= 0.6 is 26.6 Å². The summed E-state index contributed by atoms with van der Waals surface area (Å²) in [5, 5.41) is 0. The highest BCUT2D eigenvalue weighted by Crippen LogP contribution is 2.26. The van der Waals surface area contributed by atoms with Crippen molar-refractivity contribution in [2.24, 2.45) is 0 Å². The molecule has 0 saturated carbocycles. The summed E-state index contributed by atoms with van der Waals surface area (Å²) in [5.41, 5.74) is 0.489. The van der Waals surface area contributed by atoms with Crippen molar-refractivity contribution in [1.82, 2.24) is 0 Å². The molecule has 2 rings (SSSR count). The summed E-state index contributed by atoms with van der Waals surface area (Å²) in [6.45, 7) is -0.0811. The Bertz CT molecular complexity index is 781. The monoisotopic (exact) mass is 396 g/mol. The van der Waals surface area contributed by atoms with Crippen LogP contribution in [-0.4, -0.2) is 8.42 Å². The topological polar surface area (TPSA) is 43.4 Å². The minimum Gasteiger partial charge on any atom is -0.486 e. The number of benzene rings is 2. The minimum atomic E-state index is -4.00. The van der Waals surface area contributed by atoms with E-state index < -0.39 is 20.7 Å². The summed E-state index contributed by atoms with van der Waals surface area (Å²) >= 11 is 3.06. The van der Waals surface area contributed by atoms with Gasteiger partial charge in [0, 0.05) is 16.2 Å². The number of hydrogen-bond donors (Lipinski definition) is 0. The predicted octanol–water partition coefficient (Wildman–Crippen LogP) is 4.23. The molecule has 0 N–H and O–H groups in total. The molecule has 0 aliphatic heterocycles. The zero-order chi connectivity index (χ0) is 15.6. The molecule has 21 heavy (non-hydrogen) atoms. The van der Waals surface area contributed by atoms with Crippen molar-refractivity contribution in [3.63, 3.8) is 0 Å². The van der Waals surface area contributed by atoms with Crippen molar-refractivity contribution in [3.05, 3.63) is 58.1 Å². The van der Waals surface area contributed by atoms with Crippen molar-refractivity contribution in [2.75, 3.05) is 0 Å². The molecule has 2 aromatic carbocycles. The molecule has 0 fully saturated rings. The first-order valence-electron chi connectivity index (χ1n) is 5.59. The minimum absolute atomic E-state index is 0.0811. The van der Waals surface area contributed by atoms with Crippen LogP contribution in [0.1, 0.15) is 5.56 Å². The summed E-state index contributed by atoms with van der Waals surface area (Å²) in [5.74, 6) is -1.49. The first-order chi connectivity index (χ1) is 9.79. The van der Waals surface area contributed by atoms with Gasteiger partial charge in [-0.2, -0.15) is 0 Å². The van der Waals surface area contributed by atoms with Crippen LogP contribution in [0.2, 0.25) is 0 Å². The Morgan fingerprint density at radius 3 is 2.48 bits per heavy atom. The molecule has 0 saturated heterocycles. The standard InChI is InChI=1S/C13H8BrClF2O3S/c14-13-8(2-1-3-10(13)16)7-20-12-5-4-9(6-11(12)17)21(15,18)19/h1-6H,7H2. The largest absolute Gasteiger partial charge is 0.486 e. The third kappa shape index (κ3) is 3.93. The van der Waals surface area contributed by atoms with Gasteiger partial charge in [-0.1, -0.05) is 12.1 Å². The molecule has 0 amide bonds. The van der Waals surface area contributed by atoms with Crippen LogP contribution in [0.15, 0.2) is 45.8 Å². The Hall–Kier alpha value is -1.18. The summed E-state index contributed by atoms with van der Waals surface area (Å²) in [6, 6.07) is 7.42. The van der Waals surface area contributed by atoms with E-state index in [9.17, 15) is 17.2 Å². The molecule has 0 aliphatic rings. The maximum Gasteiger partial charge on any atom is 0.261 e. The van der Waals surface area contributed by atoms with Crippen LogP contribution in [0, 0.1) is 11.6 Å². The number of hydrogen-bond acceptors (Lipinski definition) is 3. The van der Waals surface area contributed by atoms with Crippen LogP contribution in [-0.2, 0) is 15.7 Å². The molecule has 2 aromatic rings. The van der Waals surface area contributed by atoms with Crippen LogP contribution in [0.5, 0.6) is 5.75 Å². The second kappa shape index (κ2) is 6.29. The van der Waals surface area contributed by atoms with Crippen molar-refractivity contribution < 1.29 is 21.9 Å². The molecular weight excluding hydrogens is 390 g/mol. The molecule has 0 atom stereocenters. The molecule has 0 bridgehead atoms. The molecule has 112 valence electrons. The van der Waals surface area contributed by atoms with E-state index in [1.807, 2.05) is 0 Å². The van der Waals surface area contributed by atoms with Gasteiger partial charge in [0.15, 0.2) is 11.6 Å². The molecule has 0 radical (unpaired) electrons. The Morgan fingerprint density at radius 2 is 1.86 bits per heavy atom. The SMILES string of the molecule is O=S(=O)(Cl)c1ccc(OCc2cccc(F)c2Br)c(F)c1. The smallest absolute Gasteiger partial charge is 0.261 e. The van der Waals surface area contributed by atoms with Gasteiger partial charge in [-0.15, -0.1) is 0 Å². The van der Waals surface area contributed by atoms with Gasteiger partial charge in [-0.05, 0) is 40.2 Å². The van der Waals surface area contributed by atoms with Crippen LogP contribution in [0.25, 0.3) is 0 Å². The Balaban J connectivity index is 2.19. The van der Waals surface area contributed by atoms with Gasteiger partial charge in [-0.25, -0.2) is 17.2 Å². The molecular formula is C13H8BrClF2O3S. The fourth-order valence-corrected chi connectivity index (χ4v) is 2.71. The molecule has 0 heterocycles. The summed E-state index contributed by atoms with van der Waals surface area (Å²) < 4.78 is 54.6. The average Bonchev–Trinajstić information content (AvgIpc) is 2.40. The van der Waals surface area contributed by atoms with Gasteiger partial charge < -0.3 is 4.74 Å². The van der Waals surface area contributed by atoms with E-state index in [4.69, 9.17) is 15.4 Å². The van der Waals surface area contributed by atoms with Crippen molar-refractivity contribution in [3.8, 4) is 5.75 Å². The lowest BCUT2D eigenvalue weighted by Crippen LogP contribution is -2.00. The first-order valence-corrected chi connectivity index (χ1v) is 8.69. The zero-order valence-corrected chi connectivity index (χ0v) is 13.5. The second-order valence-corrected chi connectivity index (χ2v) is 7.39. The van der Waals surface area contributed by atoms with Gasteiger partial charge in [0.05, 0.1) is 9.37 Å². The van der Waals surface area contributed by atoms with E-state index in [1.165, 1.54) is 12.1 Å². The lowest BCUT2D eigenvalue weighted by atomic mass is 10.2. The zero-order valence-electron chi connectivity index (χ0n) is 10.3. The average molecular weight is 398 g/mol. The molecule has 0 aliphatic carbocycles. The number of halogens is 4. The highest BCUT2D eigenvalue weighted by atomic mass is 79.9. The first kappa shape index (κ1) is 16.2. The molecule has 3 nitrogen and oxygen atoms in total. The van der Waals surface area contributed by atoms with Crippen molar-refractivity contribution in [1.29, 1.82) is 0 Å². The van der Waals surface area contributed by atoms with Crippen LogP contribution in [0.4, 0.5) is 8.78 Å². The van der Waals surface area contributed by atoms with E-state index in [0.29, 0.717) is 5.56 Å². The maximum atomic E-state index is 13.7. The normalized spacial score (nSPS) is 11.4. The van der Waals surface area contributed by atoms with Gasteiger partial charge in [0.2, 0.25) is 0 Å². The predicted molar refractivity (Wildman–Crippen MR) is 77.9 cm³/mol. The maximum absolute atomic E-state index is 13.7. The van der Waals surface area contributed by atoms with Crippen LogP contribution < -0.4 is 4.74 Å². The third-order valence-corrected chi connectivity index (χ3v) is 4.84. The van der Waals surface area contributed by atoms with Gasteiger partial charge in [0.25, 0.3) is 9.05 Å². The summed E-state index contributed by atoms with van der Waals surface area (Å²) in [7, 11) is 1.11. The van der Waals surface area contributed by atoms with Gasteiger partial charge in [-0.3, -0.25) is 0 Å². The number of rotatable bonds is 4. The van der Waals surface area contributed by atoms with E-state index >= 15 is 0 Å². The Labute approximate surface area is 133 Å². The lowest BCUT2D eigenvalue weighted by molar-refractivity contribution is 0.288. The lowest BCUT2D eigenvalue weighted by Gasteiger charge is -2.09. The molecule has 0 aromatic heterocycles. The third-order valence-electron chi connectivity index (χ3n) is 2.60.